The van der Waals surface area contributed by atoms with E-state index in [1.165, 1.54) is 18.2 Å². The van der Waals surface area contributed by atoms with Gasteiger partial charge in [0, 0.05) is 5.56 Å². The van der Waals surface area contributed by atoms with Crippen molar-refractivity contribution < 1.29 is 31.5 Å². The smallest absolute Gasteiger partial charge is 0.422 e. The quantitative estimate of drug-likeness (QED) is 0.420. The van der Waals surface area contributed by atoms with Crippen LogP contribution in [0.5, 0.6) is 0 Å². The Morgan fingerprint density at radius 2 is 1.81 bits per heavy atom. The number of alkyl halides is 3. The Morgan fingerprint density at radius 1 is 1.10 bits per heavy atom. The van der Waals surface area contributed by atoms with Crippen molar-refractivity contribution in [2.45, 2.75) is 6.18 Å². The Morgan fingerprint density at radius 3 is 2.52 bits per heavy atom. The zero-order chi connectivity index (χ0) is 22.3. The molecular formula is C18H10F5N5O3. The number of halogens is 5. The van der Waals surface area contributed by atoms with Gasteiger partial charge in [0.2, 0.25) is 5.95 Å². The maximum atomic E-state index is 14.4. The van der Waals surface area contributed by atoms with Crippen LogP contribution in [0.3, 0.4) is 0 Å². The van der Waals surface area contributed by atoms with Crippen molar-refractivity contribution in [3.8, 4) is 11.3 Å². The molecule has 3 N–H and O–H groups in total. The van der Waals surface area contributed by atoms with E-state index in [-0.39, 0.29) is 28.1 Å². The molecular weight excluding hydrogens is 429 g/mol. The summed E-state index contributed by atoms with van der Waals surface area (Å²) in [6, 6.07) is 6.03. The Kier molecular flexibility index (Phi) is 4.79. The number of carbonyl (C=O) groups is 1. The number of hydrogen-bond acceptors (Lipinski definition) is 5. The van der Waals surface area contributed by atoms with E-state index in [0.29, 0.717) is 5.52 Å². The third-order valence-electron chi connectivity index (χ3n) is 4.18. The van der Waals surface area contributed by atoms with Gasteiger partial charge in [0.25, 0.3) is 5.56 Å². The molecule has 0 fully saturated rings. The molecule has 4 aromatic rings. The number of aromatic amines is 2. The average Bonchev–Trinajstić information content (AvgIpc) is 3.10. The number of anilines is 1. The van der Waals surface area contributed by atoms with Crippen LogP contribution in [0.1, 0.15) is 0 Å². The lowest BCUT2D eigenvalue weighted by molar-refractivity contribution is -0.159. The SMILES string of the molecule is O=C(Nc1nc2cc(-c3n[nH]c(=O)c4c(F)ccc(F)c34)ccc2[nH]1)OCC(F)(F)F. The first-order chi connectivity index (χ1) is 14.6. The zero-order valence-corrected chi connectivity index (χ0v) is 15.1. The number of benzene rings is 2. The highest BCUT2D eigenvalue weighted by atomic mass is 19.4. The van der Waals surface area contributed by atoms with Crippen molar-refractivity contribution >= 4 is 33.8 Å². The highest BCUT2D eigenvalue weighted by molar-refractivity contribution is 5.96. The number of ether oxygens (including phenoxy) is 1. The number of amides is 1. The number of fused-ring (bicyclic) bond motifs is 2. The summed E-state index contributed by atoms with van der Waals surface area (Å²) in [5, 5.41) is 7.11. The van der Waals surface area contributed by atoms with Crippen LogP contribution in [0.25, 0.3) is 33.1 Å². The van der Waals surface area contributed by atoms with Crippen molar-refractivity contribution in [2.24, 2.45) is 0 Å². The van der Waals surface area contributed by atoms with E-state index < -0.39 is 41.5 Å². The average molecular weight is 439 g/mol. The second-order valence-electron chi connectivity index (χ2n) is 6.31. The first kappa shape index (κ1) is 20.3. The van der Waals surface area contributed by atoms with Crippen molar-refractivity contribution in [3.63, 3.8) is 0 Å². The van der Waals surface area contributed by atoms with Crippen LogP contribution in [0.15, 0.2) is 35.1 Å². The van der Waals surface area contributed by atoms with Gasteiger partial charge in [-0.2, -0.15) is 18.3 Å². The molecule has 4 rings (SSSR count). The maximum Gasteiger partial charge on any atom is 0.422 e. The predicted octanol–water partition coefficient (Wildman–Crippen LogP) is 3.86. The normalized spacial score (nSPS) is 11.8. The van der Waals surface area contributed by atoms with Gasteiger partial charge < -0.3 is 9.72 Å². The monoisotopic (exact) mass is 439 g/mol. The van der Waals surface area contributed by atoms with Crippen LogP contribution in [-0.4, -0.2) is 39.0 Å². The molecule has 0 aliphatic rings. The fraction of sp³-hybridized carbons (Fsp3) is 0.111. The van der Waals surface area contributed by atoms with Gasteiger partial charge in [-0.05, 0) is 24.3 Å². The van der Waals surface area contributed by atoms with E-state index in [1.54, 1.807) is 0 Å². The van der Waals surface area contributed by atoms with Gasteiger partial charge in [-0.25, -0.2) is 23.7 Å². The largest absolute Gasteiger partial charge is 0.440 e. The van der Waals surface area contributed by atoms with E-state index in [4.69, 9.17) is 0 Å². The molecule has 160 valence electrons. The zero-order valence-electron chi connectivity index (χ0n) is 15.1. The summed E-state index contributed by atoms with van der Waals surface area (Å²) in [6.45, 7) is -1.77. The fourth-order valence-electron chi connectivity index (χ4n) is 2.93. The van der Waals surface area contributed by atoms with Gasteiger partial charge in [0.15, 0.2) is 6.61 Å². The highest BCUT2D eigenvalue weighted by Gasteiger charge is 2.29. The molecule has 0 atom stereocenters. The molecule has 13 heteroatoms. The minimum atomic E-state index is -4.68. The minimum absolute atomic E-state index is 0.0596. The molecule has 0 aliphatic carbocycles. The molecule has 0 aliphatic heterocycles. The van der Waals surface area contributed by atoms with E-state index in [1.807, 2.05) is 5.32 Å². The number of hydrogen-bond donors (Lipinski definition) is 3. The molecule has 0 spiro atoms. The van der Waals surface area contributed by atoms with E-state index in [0.717, 1.165) is 12.1 Å². The molecule has 2 heterocycles. The Hall–Kier alpha value is -4.03. The van der Waals surface area contributed by atoms with Crippen LogP contribution in [0, 0.1) is 11.6 Å². The van der Waals surface area contributed by atoms with Gasteiger partial charge in [-0.15, -0.1) is 0 Å². The predicted molar refractivity (Wildman–Crippen MR) is 98.4 cm³/mol. The lowest BCUT2D eigenvalue weighted by atomic mass is 10.0. The molecule has 0 bridgehead atoms. The van der Waals surface area contributed by atoms with Crippen molar-refractivity contribution in [2.75, 3.05) is 11.9 Å². The number of carbonyl (C=O) groups excluding carboxylic acids is 1. The van der Waals surface area contributed by atoms with Crippen LogP contribution in [0.4, 0.5) is 32.7 Å². The van der Waals surface area contributed by atoms with E-state index in [2.05, 4.69) is 24.9 Å². The van der Waals surface area contributed by atoms with E-state index in [9.17, 15) is 31.5 Å². The van der Waals surface area contributed by atoms with Crippen LogP contribution < -0.4 is 10.9 Å². The van der Waals surface area contributed by atoms with Gasteiger partial charge in [-0.3, -0.25) is 10.1 Å². The number of rotatable bonds is 3. The lowest BCUT2D eigenvalue weighted by Gasteiger charge is -2.07. The molecule has 0 radical (unpaired) electrons. The molecule has 8 nitrogen and oxygen atoms in total. The number of aromatic nitrogens is 4. The molecule has 0 unspecified atom stereocenters. The summed E-state index contributed by atoms with van der Waals surface area (Å²) in [5.74, 6) is -1.98. The first-order valence-electron chi connectivity index (χ1n) is 8.49. The van der Waals surface area contributed by atoms with Gasteiger partial charge >= 0.3 is 12.3 Å². The summed E-state index contributed by atoms with van der Waals surface area (Å²) in [5.41, 5.74) is -0.108. The number of nitrogens with zero attached hydrogens (tertiary/aromatic N) is 2. The van der Waals surface area contributed by atoms with Crippen LogP contribution in [-0.2, 0) is 4.74 Å². The van der Waals surface area contributed by atoms with Crippen molar-refractivity contribution in [3.05, 3.63) is 52.3 Å². The highest BCUT2D eigenvalue weighted by Crippen LogP contribution is 2.30. The van der Waals surface area contributed by atoms with Gasteiger partial charge in [0.05, 0.1) is 21.8 Å². The van der Waals surface area contributed by atoms with Crippen molar-refractivity contribution in [1.29, 1.82) is 0 Å². The number of H-pyrrole nitrogens is 2. The van der Waals surface area contributed by atoms with Crippen LogP contribution >= 0.6 is 0 Å². The number of nitrogens with one attached hydrogen (secondary N) is 3. The van der Waals surface area contributed by atoms with Gasteiger partial charge in [0.1, 0.15) is 17.3 Å². The second kappa shape index (κ2) is 7.34. The standard InChI is InChI=1S/C18H10F5N5O3/c19-8-2-3-9(20)13-12(8)14(27-28-15(13)29)7-1-4-10-11(5-7)25-16(24-10)26-17(30)31-6-18(21,22)23/h1-5H,6H2,(H,28,29)(H2,24,25,26,30). The second-order valence-corrected chi connectivity index (χ2v) is 6.31. The fourth-order valence-corrected chi connectivity index (χ4v) is 2.93. The molecule has 0 saturated heterocycles. The third-order valence-corrected chi connectivity index (χ3v) is 4.18. The summed E-state index contributed by atoms with van der Waals surface area (Å²) in [7, 11) is 0. The molecule has 2 aromatic heterocycles. The van der Waals surface area contributed by atoms with Gasteiger partial charge in [-0.1, -0.05) is 6.07 Å². The lowest BCUT2D eigenvalue weighted by Crippen LogP contribution is -2.23. The van der Waals surface area contributed by atoms with E-state index >= 15 is 0 Å². The molecule has 31 heavy (non-hydrogen) atoms. The topological polar surface area (TPSA) is 113 Å². The molecule has 0 saturated carbocycles. The molecule has 1 amide bonds. The summed E-state index contributed by atoms with van der Waals surface area (Å²) in [6.07, 6.45) is -6.05. The Labute approximate surface area is 168 Å². The Bertz CT molecular complexity index is 1380. The first-order valence-corrected chi connectivity index (χ1v) is 8.49. The van der Waals surface area contributed by atoms with Crippen molar-refractivity contribution in [1.82, 2.24) is 20.2 Å². The summed E-state index contributed by atoms with van der Waals surface area (Å²) in [4.78, 5) is 30.0. The van der Waals surface area contributed by atoms with Crippen LogP contribution in [0.2, 0.25) is 0 Å². The maximum absolute atomic E-state index is 14.4. The minimum Gasteiger partial charge on any atom is -0.440 e. The third kappa shape index (κ3) is 4.01. The summed E-state index contributed by atoms with van der Waals surface area (Å²) < 4.78 is 68.8. The Balaban J connectivity index is 1.70. The summed E-state index contributed by atoms with van der Waals surface area (Å²) >= 11 is 0. The number of imidazole rings is 1. The molecule has 2 aromatic carbocycles.